The number of pyridine rings is 1. The van der Waals surface area contributed by atoms with Gasteiger partial charge in [-0.3, -0.25) is 4.79 Å². The maximum atomic E-state index is 12.8. The number of likely N-dealkylation sites (tertiary alicyclic amines) is 1. The van der Waals surface area contributed by atoms with Crippen LogP contribution in [0.5, 0.6) is 0 Å². The van der Waals surface area contributed by atoms with Crippen LogP contribution in [0.15, 0.2) is 49.1 Å². The number of fused-ring (bicyclic) bond motifs is 1. The van der Waals surface area contributed by atoms with Gasteiger partial charge in [-0.2, -0.15) is 0 Å². The number of hydrogen-bond donors (Lipinski definition) is 1. The van der Waals surface area contributed by atoms with Crippen molar-refractivity contribution in [3.8, 4) is 0 Å². The van der Waals surface area contributed by atoms with E-state index in [1.807, 2.05) is 33.8 Å². The summed E-state index contributed by atoms with van der Waals surface area (Å²) in [7, 11) is 0. The van der Waals surface area contributed by atoms with Gasteiger partial charge in [0.25, 0.3) is 5.91 Å². The van der Waals surface area contributed by atoms with Crippen LogP contribution in [0.3, 0.4) is 0 Å². The number of amides is 1. The average Bonchev–Trinajstić information content (AvgIpc) is 3.23. The molecule has 1 atom stereocenters. The summed E-state index contributed by atoms with van der Waals surface area (Å²) in [5, 5.41) is 3.29. The van der Waals surface area contributed by atoms with E-state index in [4.69, 9.17) is 0 Å². The van der Waals surface area contributed by atoms with Crippen LogP contribution in [-0.4, -0.2) is 44.3 Å². The molecular formula is C18H19N5O. The minimum Gasteiger partial charge on any atom is -0.350 e. The minimum atomic E-state index is 0.0800. The van der Waals surface area contributed by atoms with Crippen LogP contribution in [0, 0.1) is 6.92 Å². The van der Waals surface area contributed by atoms with E-state index in [0.717, 1.165) is 24.0 Å². The van der Waals surface area contributed by atoms with Crippen molar-refractivity contribution < 1.29 is 4.79 Å². The molecule has 1 unspecified atom stereocenters. The summed E-state index contributed by atoms with van der Waals surface area (Å²) >= 11 is 0. The molecule has 1 fully saturated rings. The van der Waals surface area contributed by atoms with Crippen molar-refractivity contribution in [2.75, 3.05) is 18.4 Å². The van der Waals surface area contributed by atoms with Crippen molar-refractivity contribution in [3.05, 3.63) is 60.2 Å². The van der Waals surface area contributed by atoms with E-state index in [1.54, 1.807) is 18.5 Å². The van der Waals surface area contributed by atoms with Crippen LogP contribution in [0.4, 0.5) is 5.95 Å². The molecule has 1 N–H and O–H groups in total. The van der Waals surface area contributed by atoms with Crippen LogP contribution in [0.1, 0.15) is 22.3 Å². The first-order valence-corrected chi connectivity index (χ1v) is 8.11. The number of rotatable bonds is 3. The highest BCUT2D eigenvalue weighted by molar-refractivity contribution is 5.96. The smallest absolute Gasteiger partial charge is 0.255 e. The van der Waals surface area contributed by atoms with Crippen molar-refractivity contribution in [1.82, 2.24) is 19.3 Å². The summed E-state index contributed by atoms with van der Waals surface area (Å²) in [5.74, 6) is 0.693. The fourth-order valence-electron chi connectivity index (χ4n) is 3.20. The molecule has 1 aliphatic heterocycles. The minimum absolute atomic E-state index is 0.0800. The Balaban J connectivity index is 1.48. The number of hydrogen-bond acceptors (Lipinski definition) is 4. The molecule has 6 nitrogen and oxygen atoms in total. The second-order valence-corrected chi connectivity index (χ2v) is 6.17. The van der Waals surface area contributed by atoms with E-state index in [2.05, 4.69) is 28.3 Å². The second kappa shape index (κ2) is 5.96. The molecule has 122 valence electrons. The number of carbonyl (C=O) groups is 1. The maximum Gasteiger partial charge on any atom is 0.255 e. The molecule has 0 bridgehead atoms. The predicted molar refractivity (Wildman–Crippen MR) is 92.1 cm³/mol. The highest BCUT2D eigenvalue weighted by Crippen LogP contribution is 2.19. The van der Waals surface area contributed by atoms with E-state index in [-0.39, 0.29) is 11.9 Å². The Morgan fingerprint density at radius 3 is 2.92 bits per heavy atom. The number of nitrogens with zero attached hydrogens (tertiary/aromatic N) is 4. The van der Waals surface area contributed by atoms with Gasteiger partial charge in [-0.25, -0.2) is 9.97 Å². The molecule has 0 saturated carbocycles. The first-order valence-electron chi connectivity index (χ1n) is 8.11. The van der Waals surface area contributed by atoms with Gasteiger partial charge in [0.05, 0.1) is 5.56 Å². The zero-order valence-corrected chi connectivity index (χ0v) is 13.5. The normalized spacial score (nSPS) is 17.4. The van der Waals surface area contributed by atoms with Crippen LogP contribution in [-0.2, 0) is 0 Å². The Hall–Kier alpha value is -2.89. The van der Waals surface area contributed by atoms with Crippen molar-refractivity contribution in [2.45, 2.75) is 19.4 Å². The molecule has 1 saturated heterocycles. The Morgan fingerprint density at radius 1 is 1.29 bits per heavy atom. The van der Waals surface area contributed by atoms with E-state index < -0.39 is 0 Å². The van der Waals surface area contributed by atoms with Gasteiger partial charge in [-0.1, -0.05) is 6.07 Å². The topological polar surface area (TPSA) is 62.5 Å². The third kappa shape index (κ3) is 2.71. The summed E-state index contributed by atoms with van der Waals surface area (Å²) < 4.78 is 2.01. The van der Waals surface area contributed by atoms with E-state index in [1.165, 1.54) is 5.56 Å². The van der Waals surface area contributed by atoms with Gasteiger partial charge in [0.15, 0.2) is 0 Å². The summed E-state index contributed by atoms with van der Waals surface area (Å²) in [5.41, 5.74) is 2.98. The molecule has 0 spiro atoms. The van der Waals surface area contributed by atoms with Crippen molar-refractivity contribution in [1.29, 1.82) is 0 Å². The SMILES string of the molecule is Cc1cccn2cc(C(=O)N3CCC(Nc4ncccn4)C3)cc12. The quantitative estimate of drug-likeness (QED) is 0.804. The molecule has 4 heterocycles. The van der Waals surface area contributed by atoms with Gasteiger partial charge in [0, 0.05) is 49.4 Å². The van der Waals surface area contributed by atoms with Crippen LogP contribution in [0.2, 0.25) is 0 Å². The lowest BCUT2D eigenvalue weighted by Crippen LogP contribution is -2.31. The first kappa shape index (κ1) is 14.7. The fourth-order valence-corrected chi connectivity index (χ4v) is 3.20. The molecule has 1 amide bonds. The van der Waals surface area contributed by atoms with E-state index in [9.17, 15) is 4.79 Å². The standard InChI is InChI=1S/C18H19N5O/c1-13-4-2-8-22-11-14(10-16(13)22)17(24)23-9-5-15(12-23)21-18-19-6-3-7-20-18/h2-4,6-8,10-11,15H,5,9,12H2,1H3,(H,19,20,21). The van der Waals surface area contributed by atoms with Crippen LogP contribution >= 0.6 is 0 Å². The monoisotopic (exact) mass is 321 g/mol. The fraction of sp³-hybridized carbons (Fsp3) is 0.278. The molecule has 0 aliphatic carbocycles. The number of carbonyl (C=O) groups excluding carboxylic acids is 1. The molecule has 24 heavy (non-hydrogen) atoms. The van der Waals surface area contributed by atoms with Gasteiger partial charge < -0.3 is 14.6 Å². The van der Waals surface area contributed by atoms with Crippen molar-refractivity contribution in [2.24, 2.45) is 0 Å². The molecule has 0 aromatic carbocycles. The van der Waals surface area contributed by atoms with Crippen molar-refractivity contribution >= 4 is 17.4 Å². The first-order chi connectivity index (χ1) is 11.7. The lowest BCUT2D eigenvalue weighted by molar-refractivity contribution is 0.0791. The third-order valence-corrected chi connectivity index (χ3v) is 4.47. The van der Waals surface area contributed by atoms with Gasteiger partial charge in [-0.05, 0) is 37.1 Å². The van der Waals surface area contributed by atoms with E-state index in [0.29, 0.717) is 12.5 Å². The predicted octanol–water partition coefficient (Wildman–Crippen LogP) is 2.36. The van der Waals surface area contributed by atoms with Gasteiger partial charge in [0.2, 0.25) is 5.95 Å². The lowest BCUT2D eigenvalue weighted by atomic mass is 10.2. The summed E-state index contributed by atoms with van der Waals surface area (Å²) in [6, 6.07) is 8.00. The zero-order valence-electron chi connectivity index (χ0n) is 13.5. The molecular weight excluding hydrogens is 302 g/mol. The molecule has 0 radical (unpaired) electrons. The Morgan fingerprint density at radius 2 is 2.12 bits per heavy atom. The highest BCUT2D eigenvalue weighted by Gasteiger charge is 2.28. The largest absolute Gasteiger partial charge is 0.350 e. The zero-order chi connectivity index (χ0) is 16.5. The maximum absolute atomic E-state index is 12.8. The van der Waals surface area contributed by atoms with Gasteiger partial charge >= 0.3 is 0 Å². The van der Waals surface area contributed by atoms with Crippen LogP contribution < -0.4 is 5.32 Å². The Labute approximate surface area is 140 Å². The summed E-state index contributed by atoms with van der Waals surface area (Å²) in [4.78, 5) is 23.0. The number of nitrogens with one attached hydrogen (secondary N) is 1. The highest BCUT2D eigenvalue weighted by atomic mass is 16.2. The summed E-state index contributed by atoms with van der Waals surface area (Å²) in [6.45, 7) is 3.47. The molecule has 4 rings (SSSR count). The van der Waals surface area contributed by atoms with Crippen molar-refractivity contribution in [3.63, 3.8) is 0 Å². The second-order valence-electron chi connectivity index (χ2n) is 6.17. The molecule has 1 aliphatic rings. The molecule has 3 aromatic heterocycles. The number of anilines is 1. The third-order valence-electron chi connectivity index (χ3n) is 4.47. The van der Waals surface area contributed by atoms with Gasteiger partial charge in [-0.15, -0.1) is 0 Å². The Bertz CT molecular complexity index is 874. The number of aromatic nitrogens is 3. The summed E-state index contributed by atoms with van der Waals surface area (Å²) in [6.07, 6.45) is 8.20. The van der Waals surface area contributed by atoms with Gasteiger partial charge in [0.1, 0.15) is 0 Å². The Kier molecular flexibility index (Phi) is 3.65. The van der Waals surface area contributed by atoms with Crippen LogP contribution in [0.25, 0.3) is 5.52 Å². The molecule has 3 aromatic rings. The average molecular weight is 321 g/mol. The number of aryl methyl sites for hydroxylation is 1. The lowest BCUT2D eigenvalue weighted by Gasteiger charge is -2.16. The van der Waals surface area contributed by atoms with E-state index >= 15 is 0 Å². The molecule has 6 heteroatoms.